The maximum Gasteiger partial charge on any atom is 0.408 e. The van der Waals surface area contributed by atoms with Gasteiger partial charge in [0.25, 0.3) is 5.91 Å². The van der Waals surface area contributed by atoms with Crippen molar-refractivity contribution >= 4 is 29.3 Å². The minimum absolute atomic E-state index is 0.268. The number of carbonyl (C=O) groups excluding carboxylic acids is 3. The van der Waals surface area contributed by atoms with Gasteiger partial charge in [0.05, 0.1) is 18.5 Å². The topological polar surface area (TPSA) is 106 Å². The van der Waals surface area contributed by atoms with Crippen molar-refractivity contribution in [3.05, 3.63) is 54.1 Å². The number of nitrogens with one attached hydrogen (secondary N) is 3. The lowest BCUT2D eigenvalue weighted by atomic mass is 10.2. The number of methoxy groups -OCH3 is 1. The molecule has 0 aliphatic heterocycles. The first kappa shape index (κ1) is 21.7. The molecule has 0 bridgehead atoms. The highest BCUT2D eigenvalue weighted by Crippen LogP contribution is 2.22. The van der Waals surface area contributed by atoms with Crippen LogP contribution in [0.25, 0.3) is 0 Å². The van der Waals surface area contributed by atoms with E-state index < -0.39 is 17.6 Å². The number of hydrogen-bond donors (Lipinski definition) is 3. The van der Waals surface area contributed by atoms with Crippen LogP contribution in [0.1, 0.15) is 31.1 Å². The van der Waals surface area contributed by atoms with Gasteiger partial charge in [0, 0.05) is 5.56 Å². The second kappa shape index (κ2) is 9.59. The maximum absolute atomic E-state index is 12.5. The SMILES string of the molecule is COc1ccc(C(=O)Nc2ccccc2NC(=O)CNC(=O)OC(C)(C)C)cc1. The van der Waals surface area contributed by atoms with Gasteiger partial charge in [-0.1, -0.05) is 12.1 Å². The van der Waals surface area contributed by atoms with Crippen LogP contribution in [-0.4, -0.2) is 37.2 Å². The summed E-state index contributed by atoms with van der Waals surface area (Å²) in [6.07, 6.45) is -0.686. The normalized spacial score (nSPS) is 10.6. The Morgan fingerprint density at radius 1 is 0.897 bits per heavy atom. The summed E-state index contributed by atoms with van der Waals surface area (Å²) < 4.78 is 10.2. The highest BCUT2D eigenvalue weighted by atomic mass is 16.6. The molecule has 29 heavy (non-hydrogen) atoms. The molecule has 154 valence electrons. The second-order valence-electron chi connectivity index (χ2n) is 7.13. The molecule has 3 N–H and O–H groups in total. The first-order valence-electron chi connectivity index (χ1n) is 8.99. The van der Waals surface area contributed by atoms with Crippen molar-refractivity contribution in [1.29, 1.82) is 0 Å². The van der Waals surface area contributed by atoms with Crippen molar-refractivity contribution in [2.75, 3.05) is 24.3 Å². The van der Waals surface area contributed by atoms with Crippen LogP contribution in [-0.2, 0) is 9.53 Å². The van der Waals surface area contributed by atoms with E-state index in [0.717, 1.165) is 0 Å². The summed E-state index contributed by atoms with van der Waals surface area (Å²) in [6.45, 7) is 4.92. The zero-order chi connectivity index (χ0) is 21.4. The molecule has 8 heteroatoms. The van der Waals surface area contributed by atoms with E-state index in [1.54, 1.807) is 76.4 Å². The third kappa shape index (κ3) is 7.17. The van der Waals surface area contributed by atoms with Gasteiger partial charge in [-0.15, -0.1) is 0 Å². The van der Waals surface area contributed by atoms with Gasteiger partial charge in [0.2, 0.25) is 5.91 Å². The summed E-state index contributed by atoms with van der Waals surface area (Å²) in [4.78, 5) is 36.3. The van der Waals surface area contributed by atoms with Gasteiger partial charge in [0.1, 0.15) is 17.9 Å². The Morgan fingerprint density at radius 2 is 1.48 bits per heavy atom. The quantitative estimate of drug-likeness (QED) is 0.690. The van der Waals surface area contributed by atoms with Crippen molar-refractivity contribution < 1.29 is 23.9 Å². The Bertz CT molecular complexity index is 873. The van der Waals surface area contributed by atoms with Crippen molar-refractivity contribution in [3.63, 3.8) is 0 Å². The number of ether oxygens (including phenoxy) is 2. The fourth-order valence-corrected chi connectivity index (χ4v) is 2.30. The largest absolute Gasteiger partial charge is 0.497 e. The van der Waals surface area contributed by atoms with E-state index in [2.05, 4.69) is 16.0 Å². The maximum atomic E-state index is 12.5. The number of amides is 3. The van der Waals surface area contributed by atoms with Gasteiger partial charge in [-0.05, 0) is 57.2 Å². The molecule has 0 aliphatic rings. The van der Waals surface area contributed by atoms with Crippen LogP contribution in [0.2, 0.25) is 0 Å². The smallest absolute Gasteiger partial charge is 0.408 e. The summed E-state index contributed by atoms with van der Waals surface area (Å²) in [6, 6.07) is 13.4. The molecule has 0 heterocycles. The first-order chi connectivity index (χ1) is 13.7. The number of carbonyl (C=O) groups is 3. The fraction of sp³-hybridized carbons (Fsp3) is 0.286. The summed E-state index contributed by atoms with van der Waals surface area (Å²) >= 11 is 0. The molecule has 0 aliphatic carbocycles. The van der Waals surface area contributed by atoms with Gasteiger partial charge < -0.3 is 25.4 Å². The Morgan fingerprint density at radius 3 is 2.03 bits per heavy atom. The predicted octanol–water partition coefficient (Wildman–Crippen LogP) is 3.41. The summed E-state index contributed by atoms with van der Waals surface area (Å²) in [5, 5.41) is 7.80. The summed E-state index contributed by atoms with van der Waals surface area (Å²) in [5.41, 5.74) is 0.627. The van der Waals surface area contributed by atoms with E-state index in [1.807, 2.05) is 0 Å². The molecule has 0 saturated carbocycles. The Labute approximate surface area is 169 Å². The Balaban J connectivity index is 1.98. The molecule has 0 saturated heterocycles. The van der Waals surface area contributed by atoms with Crippen LogP contribution in [0.3, 0.4) is 0 Å². The monoisotopic (exact) mass is 399 g/mol. The molecule has 8 nitrogen and oxygen atoms in total. The fourth-order valence-electron chi connectivity index (χ4n) is 2.30. The first-order valence-corrected chi connectivity index (χ1v) is 8.99. The molecule has 2 rings (SSSR count). The molecule has 0 fully saturated rings. The molecular formula is C21H25N3O5. The van der Waals surface area contributed by atoms with Crippen molar-refractivity contribution in [1.82, 2.24) is 5.32 Å². The zero-order valence-electron chi connectivity index (χ0n) is 16.9. The number of para-hydroxylation sites is 2. The van der Waals surface area contributed by atoms with Gasteiger partial charge in [-0.2, -0.15) is 0 Å². The van der Waals surface area contributed by atoms with Crippen LogP contribution in [0, 0.1) is 0 Å². The van der Waals surface area contributed by atoms with Crippen molar-refractivity contribution in [3.8, 4) is 5.75 Å². The molecule has 2 aromatic rings. The number of anilines is 2. The number of alkyl carbamates (subject to hydrolysis) is 1. The lowest BCUT2D eigenvalue weighted by Crippen LogP contribution is -2.37. The molecule has 2 aromatic carbocycles. The Hall–Kier alpha value is -3.55. The van der Waals surface area contributed by atoms with Crippen molar-refractivity contribution in [2.45, 2.75) is 26.4 Å². The summed E-state index contributed by atoms with van der Waals surface area (Å²) in [7, 11) is 1.55. The van der Waals surface area contributed by atoms with Crippen molar-refractivity contribution in [2.24, 2.45) is 0 Å². The molecule has 3 amide bonds. The van der Waals surface area contributed by atoms with Crippen LogP contribution in [0.4, 0.5) is 16.2 Å². The van der Waals surface area contributed by atoms with E-state index in [0.29, 0.717) is 22.7 Å². The molecule has 0 atom stereocenters. The molecule has 0 unspecified atom stereocenters. The third-order valence-electron chi connectivity index (χ3n) is 3.59. The Kier molecular flexibility index (Phi) is 7.19. The number of benzene rings is 2. The minimum Gasteiger partial charge on any atom is -0.497 e. The lowest BCUT2D eigenvalue weighted by Gasteiger charge is -2.19. The average molecular weight is 399 g/mol. The molecule has 0 spiro atoms. The van der Waals surface area contributed by atoms with E-state index in [-0.39, 0.29) is 12.5 Å². The third-order valence-corrected chi connectivity index (χ3v) is 3.59. The average Bonchev–Trinajstić information content (AvgIpc) is 2.66. The van der Waals surface area contributed by atoms with Crippen LogP contribution in [0.15, 0.2) is 48.5 Å². The standard InChI is InChI=1S/C21H25N3O5/c1-21(2,3)29-20(27)22-13-18(25)23-16-7-5-6-8-17(16)24-19(26)14-9-11-15(28-4)12-10-14/h5-12H,13H2,1-4H3,(H,22,27)(H,23,25)(H,24,26). The second-order valence-corrected chi connectivity index (χ2v) is 7.13. The van der Waals surface area contributed by atoms with Crippen LogP contribution in [0.5, 0.6) is 5.75 Å². The highest BCUT2D eigenvalue weighted by Gasteiger charge is 2.17. The number of hydrogen-bond acceptors (Lipinski definition) is 5. The van der Waals surface area contributed by atoms with Crippen LogP contribution < -0.4 is 20.7 Å². The van der Waals surface area contributed by atoms with E-state index in [1.165, 1.54) is 0 Å². The van der Waals surface area contributed by atoms with E-state index >= 15 is 0 Å². The molecular weight excluding hydrogens is 374 g/mol. The predicted molar refractivity (Wildman–Crippen MR) is 110 cm³/mol. The van der Waals surface area contributed by atoms with Gasteiger partial charge in [-0.3, -0.25) is 9.59 Å². The molecule has 0 aromatic heterocycles. The van der Waals surface area contributed by atoms with Crippen LogP contribution >= 0.6 is 0 Å². The molecule has 0 radical (unpaired) electrons. The van der Waals surface area contributed by atoms with E-state index in [9.17, 15) is 14.4 Å². The van der Waals surface area contributed by atoms with Gasteiger partial charge in [0.15, 0.2) is 0 Å². The number of rotatable bonds is 6. The zero-order valence-corrected chi connectivity index (χ0v) is 16.9. The van der Waals surface area contributed by atoms with E-state index in [4.69, 9.17) is 9.47 Å². The van der Waals surface area contributed by atoms with Gasteiger partial charge in [-0.25, -0.2) is 4.79 Å². The lowest BCUT2D eigenvalue weighted by molar-refractivity contribution is -0.115. The van der Waals surface area contributed by atoms with Gasteiger partial charge >= 0.3 is 6.09 Å². The summed E-state index contributed by atoms with van der Waals surface area (Å²) in [5.74, 6) is -0.144. The minimum atomic E-state index is -0.686. The highest BCUT2D eigenvalue weighted by molar-refractivity contribution is 6.07.